The molecule has 0 radical (unpaired) electrons. The van der Waals surface area contributed by atoms with Crippen LogP contribution in [0, 0.1) is 20.8 Å². The van der Waals surface area contributed by atoms with E-state index in [4.69, 9.17) is 9.40 Å². The number of fused-ring (bicyclic) bond motifs is 1. The number of hydrogen-bond donors (Lipinski definition) is 1. The second-order valence-electron chi connectivity index (χ2n) is 7.19. The molecule has 0 unspecified atom stereocenters. The summed E-state index contributed by atoms with van der Waals surface area (Å²) in [5.41, 5.74) is 7.71. The van der Waals surface area contributed by atoms with Gasteiger partial charge in [0.2, 0.25) is 11.8 Å². The van der Waals surface area contributed by atoms with Gasteiger partial charge in [0.15, 0.2) is 0 Å². The van der Waals surface area contributed by atoms with Crippen molar-refractivity contribution in [1.82, 2.24) is 19.7 Å². The number of hydrogen-bond acceptors (Lipinski definition) is 5. The van der Waals surface area contributed by atoms with Crippen LogP contribution in [0.15, 0.2) is 34.7 Å². The minimum absolute atomic E-state index is 0.535. The van der Waals surface area contributed by atoms with Crippen molar-refractivity contribution in [3.63, 3.8) is 0 Å². The molecule has 2 aromatic carbocycles. The van der Waals surface area contributed by atoms with Crippen LogP contribution in [0.2, 0.25) is 0 Å². The van der Waals surface area contributed by atoms with Gasteiger partial charge in [-0.3, -0.25) is 0 Å². The highest BCUT2D eigenvalue weighted by atomic mass is 16.4. The predicted octanol–water partition coefficient (Wildman–Crippen LogP) is 4.72. The van der Waals surface area contributed by atoms with E-state index in [-0.39, 0.29) is 0 Å². The number of nitrogens with one attached hydrogen (secondary N) is 1. The summed E-state index contributed by atoms with van der Waals surface area (Å²) in [5, 5.41) is 11.9. The fourth-order valence-corrected chi connectivity index (χ4v) is 3.49. The average molecular weight is 375 g/mol. The van der Waals surface area contributed by atoms with Gasteiger partial charge in [0, 0.05) is 25.6 Å². The van der Waals surface area contributed by atoms with Crippen LogP contribution >= 0.6 is 0 Å². The quantitative estimate of drug-likeness (QED) is 0.546. The van der Waals surface area contributed by atoms with Crippen molar-refractivity contribution in [2.75, 3.05) is 5.32 Å². The fourth-order valence-electron chi connectivity index (χ4n) is 3.49. The second-order valence-corrected chi connectivity index (χ2v) is 7.19. The number of benzene rings is 2. The Morgan fingerprint density at radius 2 is 1.82 bits per heavy atom. The number of anilines is 1. The highest BCUT2D eigenvalue weighted by molar-refractivity contribution is 5.92. The molecule has 6 nitrogen and oxygen atoms in total. The molecule has 0 saturated heterocycles. The van der Waals surface area contributed by atoms with E-state index in [2.05, 4.69) is 64.3 Å². The molecule has 0 atom stereocenters. The summed E-state index contributed by atoms with van der Waals surface area (Å²) in [6, 6.07) is 10.5. The Bertz CT molecular complexity index is 1140. The second kappa shape index (κ2) is 7.11. The number of imidazole rings is 1. The largest absolute Gasteiger partial charge is 0.421 e. The summed E-state index contributed by atoms with van der Waals surface area (Å²) in [6.45, 7) is 9.04. The first kappa shape index (κ1) is 18.2. The summed E-state index contributed by atoms with van der Waals surface area (Å²) in [7, 11) is 2.02. The molecular weight excluding hydrogens is 350 g/mol. The molecule has 0 saturated carbocycles. The maximum absolute atomic E-state index is 5.79. The summed E-state index contributed by atoms with van der Waals surface area (Å²) in [5.74, 6) is 2.14. The number of aromatic nitrogens is 4. The molecule has 0 aliphatic carbocycles. The number of aryl methyl sites for hydroxylation is 5. The van der Waals surface area contributed by atoms with Crippen molar-refractivity contribution in [1.29, 1.82) is 0 Å². The lowest BCUT2D eigenvalue weighted by molar-refractivity contribution is 0.513. The third-order valence-electron chi connectivity index (χ3n) is 5.33. The molecule has 0 amide bonds. The summed E-state index contributed by atoms with van der Waals surface area (Å²) < 4.78 is 7.87. The molecule has 0 fully saturated rings. The van der Waals surface area contributed by atoms with Crippen LogP contribution in [0.1, 0.15) is 35.3 Å². The maximum atomic E-state index is 5.79. The van der Waals surface area contributed by atoms with E-state index >= 15 is 0 Å². The van der Waals surface area contributed by atoms with Crippen molar-refractivity contribution in [3.8, 4) is 11.5 Å². The fraction of sp³-hybridized carbons (Fsp3) is 0.318. The van der Waals surface area contributed by atoms with Crippen molar-refractivity contribution in [2.24, 2.45) is 7.05 Å². The maximum Gasteiger partial charge on any atom is 0.247 e. The zero-order chi connectivity index (χ0) is 19.8. The first-order valence-electron chi connectivity index (χ1n) is 9.56. The Kier molecular flexibility index (Phi) is 4.63. The van der Waals surface area contributed by atoms with Crippen LogP contribution in [-0.2, 0) is 20.0 Å². The Hall–Kier alpha value is -3.15. The zero-order valence-electron chi connectivity index (χ0n) is 17.0. The van der Waals surface area contributed by atoms with Crippen LogP contribution in [0.5, 0.6) is 0 Å². The van der Waals surface area contributed by atoms with Crippen molar-refractivity contribution < 1.29 is 4.42 Å². The van der Waals surface area contributed by atoms with E-state index in [0.29, 0.717) is 11.8 Å². The standard InChI is InChI=1S/C22H25N5O/c1-6-20-25-26-22(28-20)16-10-18(21-19(11-16)27(5)15(4)24-21)23-12-17-13(2)8-7-9-14(17)3/h7-11,23H,6,12H2,1-5H3. The molecule has 144 valence electrons. The number of rotatable bonds is 5. The normalized spacial score (nSPS) is 11.3. The van der Waals surface area contributed by atoms with Gasteiger partial charge in [0.25, 0.3) is 0 Å². The van der Waals surface area contributed by atoms with Gasteiger partial charge in [-0.15, -0.1) is 10.2 Å². The van der Waals surface area contributed by atoms with Gasteiger partial charge in [-0.25, -0.2) is 4.98 Å². The molecular formula is C22H25N5O. The van der Waals surface area contributed by atoms with Gasteiger partial charge in [-0.05, 0) is 49.6 Å². The van der Waals surface area contributed by atoms with Crippen molar-refractivity contribution in [3.05, 3.63) is 58.7 Å². The monoisotopic (exact) mass is 375 g/mol. The lowest BCUT2D eigenvalue weighted by Gasteiger charge is -2.13. The van der Waals surface area contributed by atoms with Gasteiger partial charge >= 0.3 is 0 Å². The van der Waals surface area contributed by atoms with Crippen LogP contribution in [0.4, 0.5) is 5.69 Å². The summed E-state index contributed by atoms with van der Waals surface area (Å²) in [6.07, 6.45) is 0.720. The van der Waals surface area contributed by atoms with Crippen molar-refractivity contribution in [2.45, 2.75) is 40.7 Å². The molecule has 0 aliphatic rings. The van der Waals surface area contributed by atoms with Crippen molar-refractivity contribution >= 4 is 16.7 Å². The van der Waals surface area contributed by atoms with E-state index in [0.717, 1.165) is 41.1 Å². The van der Waals surface area contributed by atoms with Crippen LogP contribution in [0.25, 0.3) is 22.5 Å². The third-order valence-corrected chi connectivity index (χ3v) is 5.33. The first-order chi connectivity index (χ1) is 13.5. The van der Waals surface area contributed by atoms with E-state index in [9.17, 15) is 0 Å². The Balaban J connectivity index is 1.78. The van der Waals surface area contributed by atoms with Gasteiger partial charge in [-0.1, -0.05) is 25.1 Å². The molecule has 2 heterocycles. The molecule has 0 spiro atoms. The lowest BCUT2D eigenvalue weighted by Crippen LogP contribution is -2.04. The molecule has 2 aromatic heterocycles. The average Bonchev–Trinajstić information content (AvgIpc) is 3.27. The van der Waals surface area contributed by atoms with Gasteiger partial charge in [-0.2, -0.15) is 0 Å². The van der Waals surface area contributed by atoms with Gasteiger partial charge in [0.1, 0.15) is 11.3 Å². The molecule has 4 aromatic rings. The Morgan fingerprint density at radius 3 is 2.50 bits per heavy atom. The smallest absolute Gasteiger partial charge is 0.247 e. The molecule has 0 aliphatic heterocycles. The minimum Gasteiger partial charge on any atom is -0.421 e. The van der Waals surface area contributed by atoms with Gasteiger partial charge in [0.05, 0.1) is 11.2 Å². The summed E-state index contributed by atoms with van der Waals surface area (Å²) >= 11 is 0. The minimum atomic E-state index is 0.535. The van der Waals surface area contributed by atoms with E-state index in [1.54, 1.807) is 0 Å². The van der Waals surface area contributed by atoms with E-state index in [1.807, 2.05) is 20.9 Å². The predicted molar refractivity (Wildman–Crippen MR) is 111 cm³/mol. The molecule has 6 heteroatoms. The van der Waals surface area contributed by atoms with Crippen LogP contribution in [-0.4, -0.2) is 19.7 Å². The molecule has 4 rings (SSSR count). The first-order valence-corrected chi connectivity index (χ1v) is 9.56. The zero-order valence-corrected chi connectivity index (χ0v) is 17.0. The lowest BCUT2D eigenvalue weighted by atomic mass is 10.0. The van der Waals surface area contributed by atoms with Crippen LogP contribution < -0.4 is 5.32 Å². The molecule has 0 bridgehead atoms. The highest BCUT2D eigenvalue weighted by Crippen LogP contribution is 2.31. The highest BCUT2D eigenvalue weighted by Gasteiger charge is 2.16. The number of nitrogens with zero attached hydrogens (tertiary/aromatic N) is 4. The van der Waals surface area contributed by atoms with E-state index < -0.39 is 0 Å². The van der Waals surface area contributed by atoms with Crippen LogP contribution in [0.3, 0.4) is 0 Å². The Morgan fingerprint density at radius 1 is 1.07 bits per heavy atom. The summed E-state index contributed by atoms with van der Waals surface area (Å²) in [4.78, 5) is 4.76. The molecule has 28 heavy (non-hydrogen) atoms. The Labute approximate surface area is 164 Å². The van der Waals surface area contributed by atoms with Gasteiger partial charge < -0.3 is 14.3 Å². The van der Waals surface area contributed by atoms with E-state index in [1.165, 1.54) is 16.7 Å². The topological polar surface area (TPSA) is 68.8 Å². The molecule has 1 N–H and O–H groups in total. The SMILES string of the molecule is CCc1nnc(-c2cc(NCc3c(C)cccc3C)c3nc(C)n(C)c3c2)o1. The third kappa shape index (κ3) is 3.15.